The third kappa shape index (κ3) is 4.83. The molecule has 1 N–H and O–H groups in total. The Bertz CT molecular complexity index is 1210. The van der Waals surface area contributed by atoms with E-state index in [1.54, 1.807) is 11.3 Å². The fourth-order valence-electron chi connectivity index (χ4n) is 4.83. The molecule has 1 aromatic carbocycles. The van der Waals surface area contributed by atoms with Crippen LogP contribution in [0.5, 0.6) is 0 Å². The number of aromatic nitrogens is 2. The van der Waals surface area contributed by atoms with Gasteiger partial charge in [-0.1, -0.05) is 29.3 Å². The Morgan fingerprint density at radius 2 is 1.97 bits per heavy atom. The summed E-state index contributed by atoms with van der Waals surface area (Å²) in [4.78, 5) is 26.8. The van der Waals surface area contributed by atoms with E-state index in [1.807, 2.05) is 25.1 Å². The van der Waals surface area contributed by atoms with Crippen LogP contribution in [0.1, 0.15) is 48.6 Å². The normalized spacial score (nSPS) is 16.5. The molecule has 0 unspecified atom stereocenters. The van der Waals surface area contributed by atoms with Crippen molar-refractivity contribution in [3.63, 3.8) is 0 Å². The summed E-state index contributed by atoms with van der Waals surface area (Å²) in [7, 11) is 0. The molecule has 2 aliphatic rings. The third-order valence-corrected chi connectivity index (χ3v) is 8.57. The Labute approximate surface area is 213 Å². The number of carbonyl (C=O) groups excluding carboxylic acids is 1. The van der Waals surface area contributed by atoms with Crippen LogP contribution >= 0.6 is 34.5 Å². The zero-order valence-corrected chi connectivity index (χ0v) is 21.5. The predicted molar refractivity (Wildman–Crippen MR) is 139 cm³/mol. The molecule has 0 bridgehead atoms. The second-order valence-corrected chi connectivity index (χ2v) is 10.8. The number of ether oxygens (including phenoxy) is 1. The number of esters is 1. The molecule has 9 heteroatoms. The van der Waals surface area contributed by atoms with Crippen molar-refractivity contribution >= 4 is 62.5 Å². The second kappa shape index (κ2) is 10.3. The van der Waals surface area contributed by atoms with Crippen molar-refractivity contribution in [1.82, 2.24) is 9.97 Å². The topological polar surface area (TPSA) is 67.3 Å². The van der Waals surface area contributed by atoms with Gasteiger partial charge in [-0.2, -0.15) is 4.98 Å². The first-order valence-corrected chi connectivity index (χ1v) is 13.5. The van der Waals surface area contributed by atoms with Crippen LogP contribution in [-0.4, -0.2) is 35.6 Å². The smallest absolute Gasteiger partial charge is 0.309 e. The molecule has 3 aromatic rings. The van der Waals surface area contributed by atoms with Gasteiger partial charge in [0, 0.05) is 24.5 Å². The largest absolute Gasteiger partial charge is 0.466 e. The first kappa shape index (κ1) is 23.6. The number of rotatable bonds is 6. The summed E-state index contributed by atoms with van der Waals surface area (Å²) < 4.78 is 5.22. The Kier molecular flexibility index (Phi) is 7.14. The van der Waals surface area contributed by atoms with E-state index in [1.165, 1.54) is 23.3 Å². The molecule has 1 aliphatic carbocycles. The van der Waals surface area contributed by atoms with E-state index >= 15 is 0 Å². The maximum absolute atomic E-state index is 12.1. The summed E-state index contributed by atoms with van der Waals surface area (Å²) in [5.74, 6) is 1.47. The number of carbonyl (C=O) groups is 1. The van der Waals surface area contributed by atoms with Crippen molar-refractivity contribution in [2.24, 2.45) is 5.92 Å². The van der Waals surface area contributed by atoms with Gasteiger partial charge in [-0.05, 0) is 68.7 Å². The first-order valence-electron chi connectivity index (χ1n) is 11.9. The van der Waals surface area contributed by atoms with Crippen LogP contribution in [0.3, 0.4) is 0 Å². The highest BCUT2D eigenvalue weighted by molar-refractivity contribution is 7.19. The monoisotopic (exact) mass is 518 g/mol. The van der Waals surface area contributed by atoms with E-state index in [0.717, 1.165) is 66.3 Å². The van der Waals surface area contributed by atoms with Crippen molar-refractivity contribution < 1.29 is 9.53 Å². The summed E-state index contributed by atoms with van der Waals surface area (Å²) in [5.41, 5.74) is 2.44. The Morgan fingerprint density at radius 3 is 2.74 bits per heavy atom. The van der Waals surface area contributed by atoms with Crippen molar-refractivity contribution in [2.45, 2.75) is 52.0 Å². The van der Waals surface area contributed by atoms with Gasteiger partial charge in [0.15, 0.2) is 0 Å². The lowest BCUT2D eigenvalue weighted by molar-refractivity contribution is -0.148. The molecule has 3 heterocycles. The molecule has 0 spiro atoms. The van der Waals surface area contributed by atoms with Crippen LogP contribution in [0, 0.1) is 5.92 Å². The SMILES string of the molecule is CCOC(=O)C1CCN(c2nc(NCc3ccc(Cl)c(Cl)c3)c3c4c(sc3n2)CCCC4)CC1. The third-order valence-electron chi connectivity index (χ3n) is 6.64. The number of piperidine rings is 1. The summed E-state index contributed by atoms with van der Waals surface area (Å²) in [5, 5.41) is 5.82. The molecule has 1 saturated heterocycles. The molecule has 0 radical (unpaired) electrons. The van der Waals surface area contributed by atoms with Gasteiger partial charge in [0.2, 0.25) is 5.95 Å². The molecule has 0 saturated carbocycles. The van der Waals surface area contributed by atoms with Gasteiger partial charge in [0.25, 0.3) is 0 Å². The molecule has 0 atom stereocenters. The van der Waals surface area contributed by atoms with Gasteiger partial charge < -0.3 is 15.0 Å². The van der Waals surface area contributed by atoms with E-state index < -0.39 is 0 Å². The minimum atomic E-state index is -0.0894. The molecular formula is C25H28Cl2N4O2S. The van der Waals surface area contributed by atoms with Crippen LogP contribution in [0.2, 0.25) is 10.0 Å². The Morgan fingerprint density at radius 1 is 1.18 bits per heavy atom. The number of nitrogens with one attached hydrogen (secondary N) is 1. The number of thiophene rings is 1. The fraction of sp³-hybridized carbons (Fsp3) is 0.480. The molecule has 1 aliphatic heterocycles. The Hall–Kier alpha value is -2.09. The van der Waals surface area contributed by atoms with Gasteiger partial charge in [-0.15, -0.1) is 11.3 Å². The quantitative estimate of drug-likeness (QED) is 0.388. The molecule has 34 heavy (non-hydrogen) atoms. The van der Waals surface area contributed by atoms with Crippen LogP contribution in [-0.2, 0) is 28.9 Å². The molecule has 1 fully saturated rings. The van der Waals surface area contributed by atoms with Gasteiger partial charge in [0.05, 0.1) is 28.0 Å². The number of hydrogen-bond donors (Lipinski definition) is 1. The van der Waals surface area contributed by atoms with E-state index in [9.17, 15) is 4.79 Å². The second-order valence-electron chi connectivity index (χ2n) is 8.88. The zero-order chi connectivity index (χ0) is 23.7. The number of nitrogens with zero attached hydrogens (tertiary/aromatic N) is 3. The van der Waals surface area contributed by atoms with Crippen LogP contribution < -0.4 is 10.2 Å². The molecule has 180 valence electrons. The molecule has 5 rings (SSSR count). The molecular weight excluding hydrogens is 491 g/mol. The van der Waals surface area contributed by atoms with Crippen molar-refractivity contribution in [1.29, 1.82) is 0 Å². The Balaban J connectivity index is 1.43. The highest BCUT2D eigenvalue weighted by Gasteiger charge is 2.28. The van der Waals surface area contributed by atoms with Gasteiger partial charge in [-0.3, -0.25) is 4.79 Å². The highest BCUT2D eigenvalue weighted by atomic mass is 35.5. The van der Waals surface area contributed by atoms with Gasteiger partial charge in [0.1, 0.15) is 10.6 Å². The van der Waals surface area contributed by atoms with Crippen molar-refractivity contribution in [3.05, 3.63) is 44.2 Å². The minimum Gasteiger partial charge on any atom is -0.466 e. The minimum absolute atomic E-state index is 0.0405. The van der Waals surface area contributed by atoms with Gasteiger partial charge in [-0.25, -0.2) is 4.98 Å². The summed E-state index contributed by atoms with van der Waals surface area (Å²) in [6.45, 7) is 4.36. The first-order chi connectivity index (χ1) is 16.5. The number of hydrogen-bond acceptors (Lipinski definition) is 7. The maximum Gasteiger partial charge on any atom is 0.309 e. The lowest BCUT2D eigenvalue weighted by Crippen LogP contribution is -2.38. The van der Waals surface area contributed by atoms with E-state index in [2.05, 4.69) is 10.2 Å². The van der Waals surface area contributed by atoms with Crippen LogP contribution in [0.15, 0.2) is 18.2 Å². The lowest BCUT2D eigenvalue weighted by Gasteiger charge is -2.31. The average Bonchev–Trinajstić information content (AvgIpc) is 3.23. The highest BCUT2D eigenvalue weighted by Crippen LogP contribution is 2.40. The number of benzene rings is 1. The number of halogens is 2. The molecule has 6 nitrogen and oxygen atoms in total. The summed E-state index contributed by atoms with van der Waals surface area (Å²) >= 11 is 14.1. The fourth-order valence-corrected chi connectivity index (χ4v) is 6.40. The zero-order valence-electron chi connectivity index (χ0n) is 19.2. The molecule has 2 aromatic heterocycles. The summed E-state index contributed by atoms with van der Waals surface area (Å²) in [6, 6.07) is 5.69. The maximum atomic E-state index is 12.1. The van der Waals surface area contributed by atoms with E-state index in [-0.39, 0.29) is 11.9 Å². The number of anilines is 2. The number of aryl methyl sites for hydroxylation is 2. The van der Waals surface area contributed by atoms with Gasteiger partial charge >= 0.3 is 5.97 Å². The standard InChI is InChI=1S/C25H28Cl2N4O2S/c1-2-33-24(32)16-9-11-31(12-10-16)25-29-22(28-14-15-7-8-18(26)19(27)13-15)21-17-5-3-4-6-20(17)34-23(21)30-25/h7-8,13,16H,2-6,9-12,14H2,1H3,(H,28,29,30). The lowest BCUT2D eigenvalue weighted by atomic mass is 9.96. The van der Waals surface area contributed by atoms with E-state index in [4.69, 9.17) is 37.9 Å². The van der Waals surface area contributed by atoms with Crippen molar-refractivity contribution in [3.8, 4) is 0 Å². The number of fused-ring (bicyclic) bond motifs is 3. The van der Waals surface area contributed by atoms with Crippen molar-refractivity contribution in [2.75, 3.05) is 29.9 Å². The average molecular weight is 519 g/mol. The predicted octanol–water partition coefficient (Wildman–Crippen LogP) is 6.27. The van der Waals surface area contributed by atoms with Crippen LogP contribution in [0.25, 0.3) is 10.2 Å². The van der Waals surface area contributed by atoms with Crippen LogP contribution in [0.4, 0.5) is 11.8 Å². The summed E-state index contributed by atoms with van der Waals surface area (Å²) in [6.07, 6.45) is 6.13. The van der Waals surface area contributed by atoms with E-state index in [0.29, 0.717) is 23.2 Å². The molecule has 0 amide bonds.